The van der Waals surface area contributed by atoms with Crippen molar-refractivity contribution in [3.05, 3.63) is 0 Å². The van der Waals surface area contributed by atoms with Crippen molar-refractivity contribution < 1.29 is 4.74 Å². The molecule has 16 heavy (non-hydrogen) atoms. The topological polar surface area (TPSA) is 36.9 Å². The highest BCUT2D eigenvalue weighted by molar-refractivity contribution is 14.0. The quantitative estimate of drug-likeness (QED) is 0.482. The van der Waals surface area contributed by atoms with Crippen molar-refractivity contribution in [1.82, 2.24) is 10.2 Å². The lowest BCUT2D eigenvalue weighted by molar-refractivity contribution is 0.0202. The molecule has 0 aliphatic rings. The molecule has 0 aromatic rings. The maximum atomic E-state index is 5.45. The van der Waals surface area contributed by atoms with Crippen LogP contribution < -0.4 is 5.32 Å². The Labute approximate surface area is 117 Å². The molecule has 0 spiro atoms. The van der Waals surface area contributed by atoms with E-state index in [2.05, 4.69) is 31.1 Å². The molecule has 0 aliphatic heterocycles. The predicted molar refractivity (Wildman–Crippen MR) is 80.7 cm³/mol. The molecule has 0 heterocycles. The molecule has 4 nitrogen and oxygen atoms in total. The summed E-state index contributed by atoms with van der Waals surface area (Å²) in [5.41, 5.74) is 0.132. The summed E-state index contributed by atoms with van der Waals surface area (Å²) in [6.45, 7) is 7.27. The molecular weight excluding hydrogens is 317 g/mol. The Balaban J connectivity index is 0. The van der Waals surface area contributed by atoms with Crippen LogP contribution in [0, 0.1) is 5.41 Å². The van der Waals surface area contributed by atoms with Gasteiger partial charge in [0.1, 0.15) is 0 Å². The van der Waals surface area contributed by atoms with Crippen molar-refractivity contribution in [1.29, 1.82) is 0 Å². The summed E-state index contributed by atoms with van der Waals surface area (Å²) < 4.78 is 5.45. The minimum absolute atomic E-state index is 0. The van der Waals surface area contributed by atoms with Crippen molar-refractivity contribution in [2.75, 3.05) is 34.8 Å². The Hall–Kier alpha value is -0.0400. The Morgan fingerprint density at radius 2 is 1.88 bits per heavy atom. The first-order valence-electron chi connectivity index (χ1n) is 5.23. The summed E-state index contributed by atoms with van der Waals surface area (Å²) in [5, 5.41) is 3.28. The normalized spacial score (nSPS) is 14.1. The van der Waals surface area contributed by atoms with Crippen LogP contribution in [0.4, 0.5) is 0 Å². The molecule has 0 saturated heterocycles. The van der Waals surface area contributed by atoms with Crippen LogP contribution in [0.1, 0.15) is 20.8 Å². The largest absolute Gasteiger partial charge is 0.379 e. The average molecular weight is 343 g/mol. The van der Waals surface area contributed by atoms with Crippen LogP contribution in [-0.4, -0.2) is 51.8 Å². The van der Waals surface area contributed by atoms with Gasteiger partial charge in [0, 0.05) is 34.8 Å². The van der Waals surface area contributed by atoms with Gasteiger partial charge < -0.3 is 15.0 Å². The zero-order valence-electron chi connectivity index (χ0n) is 11.5. The lowest BCUT2D eigenvalue weighted by Gasteiger charge is -2.30. The number of rotatable bonds is 3. The Morgan fingerprint density at radius 1 is 1.38 bits per heavy atom. The Morgan fingerprint density at radius 3 is 2.12 bits per heavy atom. The van der Waals surface area contributed by atoms with E-state index in [1.54, 1.807) is 14.2 Å². The smallest absolute Gasteiger partial charge is 0.193 e. The zero-order valence-corrected chi connectivity index (χ0v) is 13.8. The van der Waals surface area contributed by atoms with E-state index in [1.807, 2.05) is 19.0 Å². The van der Waals surface area contributed by atoms with Crippen molar-refractivity contribution in [3.63, 3.8) is 0 Å². The molecule has 1 unspecified atom stereocenters. The molecule has 0 aliphatic carbocycles. The highest BCUT2D eigenvalue weighted by Crippen LogP contribution is 2.20. The summed E-state index contributed by atoms with van der Waals surface area (Å²) in [6.07, 6.45) is 0.175. The predicted octanol–water partition coefficient (Wildman–Crippen LogP) is 1.80. The van der Waals surface area contributed by atoms with Crippen LogP contribution in [0.2, 0.25) is 0 Å². The second-order valence-corrected chi connectivity index (χ2v) is 4.91. The van der Waals surface area contributed by atoms with Crippen LogP contribution in [0.5, 0.6) is 0 Å². The lowest BCUT2D eigenvalue weighted by atomic mass is 9.89. The SMILES string of the molecule is CN=C(NCC(OC)C(C)(C)C)N(C)C.I. The van der Waals surface area contributed by atoms with Gasteiger partial charge in [-0.3, -0.25) is 4.99 Å². The van der Waals surface area contributed by atoms with Crippen LogP contribution in [-0.2, 0) is 4.74 Å². The standard InChI is InChI=1S/C11H25N3O.HI/c1-11(2,3)9(15-7)8-13-10(12-4)14(5)6;/h9H,8H2,1-7H3,(H,12,13);1H. The molecule has 0 amide bonds. The van der Waals surface area contributed by atoms with E-state index in [0.29, 0.717) is 0 Å². The van der Waals surface area contributed by atoms with Crippen LogP contribution in [0.25, 0.3) is 0 Å². The number of hydrogen-bond donors (Lipinski definition) is 1. The fraction of sp³-hybridized carbons (Fsp3) is 0.909. The molecule has 5 heteroatoms. The molecule has 98 valence electrons. The van der Waals surface area contributed by atoms with E-state index in [-0.39, 0.29) is 35.5 Å². The zero-order chi connectivity index (χ0) is 12.1. The van der Waals surface area contributed by atoms with Crippen LogP contribution in [0.15, 0.2) is 4.99 Å². The molecule has 1 atom stereocenters. The number of halogens is 1. The van der Waals surface area contributed by atoms with Gasteiger partial charge in [-0.25, -0.2) is 0 Å². The third-order valence-corrected chi connectivity index (χ3v) is 2.33. The van der Waals surface area contributed by atoms with Gasteiger partial charge in [0.2, 0.25) is 0 Å². The van der Waals surface area contributed by atoms with Gasteiger partial charge >= 0.3 is 0 Å². The summed E-state index contributed by atoms with van der Waals surface area (Å²) in [7, 11) is 7.46. The van der Waals surface area contributed by atoms with Gasteiger partial charge in [-0.05, 0) is 5.41 Å². The summed E-state index contributed by atoms with van der Waals surface area (Å²) in [5.74, 6) is 0.876. The van der Waals surface area contributed by atoms with Gasteiger partial charge in [0.05, 0.1) is 6.10 Å². The second-order valence-electron chi connectivity index (χ2n) is 4.91. The third-order valence-electron chi connectivity index (χ3n) is 2.33. The molecule has 0 bridgehead atoms. The molecule has 0 rings (SSSR count). The molecule has 1 N–H and O–H groups in total. The number of hydrogen-bond acceptors (Lipinski definition) is 2. The summed E-state index contributed by atoms with van der Waals surface area (Å²) in [6, 6.07) is 0. The fourth-order valence-electron chi connectivity index (χ4n) is 1.36. The molecule has 0 aromatic heterocycles. The highest BCUT2D eigenvalue weighted by atomic mass is 127. The van der Waals surface area contributed by atoms with Gasteiger partial charge in [0.25, 0.3) is 0 Å². The van der Waals surface area contributed by atoms with E-state index < -0.39 is 0 Å². The first-order valence-corrected chi connectivity index (χ1v) is 5.23. The monoisotopic (exact) mass is 343 g/mol. The number of guanidine groups is 1. The van der Waals surface area contributed by atoms with Crippen molar-refractivity contribution in [2.45, 2.75) is 26.9 Å². The average Bonchev–Trinajstić information content (AvgIpc) is 2.09. The lowest BCUT2D eigenvalue weighted by Crippen LogP contribution is -2.44. The van der Waals surface area contributed by atoms with E-state index in [1.165, 1.54) is 0 Å². The molecule has 0 aromatic carbocycles. The second kappa shape index (κ2) is 8.11. The highest BCUT2D eigenvalue weighted by Gasteiger charge is 2.24. The molecule has 0 radical (unpaired) electrons. The van der Waals surface area contributed by atoms with Crippen molar-refractivity contribution >= 4 is 29.9 Å². The van der Waals surface area contributed by atoms with Crippen LogP contribution >= 0.6 is 24.0 Å². The van der Waals surface area contributed by atoms with E-state index in [9.17, 15) is 0 Å². The fourth-order valence-corrected chi connectivity index (χ4v) is 1.36. The summed E-state index contributed by atoms with van der Waals surface area (Å²) in [4.78, 5) is 6.11. The van der Waals surface area contributed by atoms with E-state index in [0.717, 1.165) is 12.5 Å². The van der Waals surface area contributed by atoms with Gasteiger partial charge in [-0.15, -0.1) is 24.0 Å². The van der Waals surface area contributed by atoms with Crippen LogP contribution in [0.3, 0.4) is 0 Å². The van der Waals surface area contributed by atoms with Crippen molar-refractivity contribution in [3.8, 4) is 0 Å². The molecule has 0 fully saturated rings. The minimum atomic E-state index is 0. The van der Waals surface area contributed by atoms with Gasteiger partial charge in [0.15, 0.2) is 5.96 Å². The Bertz CT molecular complexity index is 212. The number of nitrogens with one attached hydrogen (secondary N) is 1. The number of ether oxygens (including phenoxy) is 1. The van der Waals surface area contributed by atoms with E-state index in [4.69, 9.17) is 4.74 Å². The molecule has 0 saturated carbocycles. The Kier molecular flexibility index (Phi) is 9.29. The first-order chi connectivity index (χ1) is 6.82. The minimum Gasteiger partial charge on any atom is -0.379 e. The number of methoxy groups -OCH3 is 1. The van der Waals surface area contributed by atoms with Gasteiger partial charge in [-0.2, -0.15) is 0 Å². The number of nitrogens with zero attached hydrogens (tertiary/aromatic N) is 2. The van der Waals surface area contributed by atoms with E-state index >= 15 is 0 Å². The number of aliphatic imine (C=N–C) groups is 1. The molecular formula is C11H26IN3O. The first kappa shape index (κ1) is 18.3. The van der Waals surface area contributed by atoms with Gasteiger partial charge in [-0.1, -0.05) is 20.8 Å². The maximum absolute atomic E-state index is 5.45. The third kappa shape index (κ3) is 6.52. The summed E-state index contributed by atoms with van der Waals surface area (Å²) >= 11 is 0. The van der Waals surface area contributed by atoms with Crippen molar-refractivity contribution in [2.24, 2.45) is 10.4 Å². The maximum Gasteiger partial charge on any atom is 0.193 e.